The molecule has 0 heterocycles. The summed E-state index contributed by atoms with van der Waals surface area (Å²) in [5.41, 5.74) is 0.348. The zero-order valence-corrected chi connectivity index (χ0v) is 7.06. The highest BCUT2D eigenvalue weighted by Gasteiger charge is 2.08. The average Bonchev–Trinajstić information content (AvgIpc) is 2.16. The number of rotatable bonds is 2. The van der Waals surface area contributed by atoms with Crippen molar-refractivity contribution in [2.24, 2.45) is 0 Å². The molecule has 1 aromatic carbocycles. The Hall–Kier alpha value is -1.73. The number of aliphatic hydroxyl groups is 1. The van der Waals surface area contributed by atoms with E-state index < -0.39 is 6.10 Å². The van der Waals surface area contributed by atoms with E-state index in [1.807, 2.05) is 0 Å². The van der Waals surface area contributed by atoms with Crippen molar-refractivity contribution in [1.82, 2.24) is 0 Å². The molecule has 4 nitrogen and oxygen atoms in total. The van der Waals surface area contributed by atoms with Gasteiger partial charge in [0.1, 0.15) is 0 Å². The lowest BCUT2D eigenvalue weighted by atomic mass is 10.1. The van der Waals surface area contributed by atoms with Crippen LogP contribution in [0.2, 0.25) is 0 Å². The van der Waals surface area contributed by atoms with Gasteiger partial charge in [-0.3, -0.25) is 0 Å². The molecule has 0 bridgehead atoms. The third-order valence-corrected chi connectivity index (χ3v) is 1.64. The van der Waals surface area contributed by atoms with E-state index in [-0.39, 0.29) is 5.75 Å². The second-order valence-electron chi connectivity index (χ2n) is 2.46. The smallest absolute Gasteiger partial charge is 0.166 e. The molecule has 0 aliphatic carbocycles. The second-order valence-corrected chi connectivity index (χ2v) is 2.46. The van der Waals surface area contributed by atoms with Gasteiger partial charge in [0.25, 0.3) is 0 Å². The van der Waals surface area contributed by atoms with E-state index in [1.165, 1.54) is 25.3 Å². The summed E-state index contributed by atoms with van der Waals surface area (Å²) in [5, 5.41) is 26.8. The number of benzene rings is 1. The fourth-order valence-electron chi connectivity index (χ4n) is 0.952. The first-order valence-corrected chi connectivity index (χ1v) is 3.63. The van der Waals surface area contributed by atoms with Gasteiger partial charge in [-0.1, -0.05) is 6.07 Å². The third-order valence-electron chi connectivity index (χ3n) is 1.64. The Morgan fingerprint density at radius 1 is 1.54 bits per heavy atom. The molecular weight excluding hydrogens is 170 g/mol. The van der Waals surface area contributed by atoms with E-state index in [9.17, 15) is 5.11 Å². The van der Waals surface area contributed by atoms with E-state index >= 15 is 0 Å². The van der Waals surface area contributed by atoms with Gasteiger partial charge in [0.15, 0.2) is 17.6 Å². The van der Waals surface area contributed by atoms with Crippen LogP contribution in [0.5, 0.6) is 11.5 Å². The summed E-state index contributed by atoms with van der Waals surface area (Å²) in [7, 11) is 1.43. The number of aromatic hydroxyl groups is 1. The van der Waals surface area contributed by atoms with Gasteiger partial charge in [-0.05, 0) is 17.7 Å². The number of ether oxygens (including phenoxy) is 1. The average molecular weight is 179 g/mol. The van der Waals surface area contributed by atoms with Crippen molar-refractivity contribution in [3.8, 4) is 17.6 Å². The summed E-state index contributed by atoms with van der Waals surface area (Å²) >= 11 is 0. The van der Waals surface area contributed by atoms with Crippen molar-refractivity contribution in [1.29, 1.82) is 5.26 Å². The number of nitriles is 1. The molecule has 0 aliphatic heterocycles. The number of hydrogen-bond donors (Lipinski definition) is 2. The summed E-state index contributed by atoms with van der Waals surface area (Å²) in [6.07, 6.45) is -1.21. The Bertz CT molecular complexity index is 343. The molecule has 0 spiro atoms. The highest BCUT2D eigenvalue weighted by atomic mass is 16.5. The number of phenolic OH excluding ortho intramolecular Hbond substituents is 1. The molecule has 0 saturated carbocycles. The molecular formula is C9H9NO3. The van der Waals surface area contributed by atoms with Crippen molar-refractivity contribution in [2.75, 3.05) is 7.11 Å². The molecule has 4 heteroatoms. The largest absolute Gasteiger partial charge is 0.504 e. The van der Waals surface area contributed by atoms with Gasteiger partial charge in [-0.25, -0.2) is 0 Å². The van der Waals surface area contributed by atoms with E-state index in [0.717, 1.165) is 0 Å². The quantitative estimate of drug-likeness (QED) is 0.663. The summed E-state index contributed by atoms with van der Waals surface area (Å²) in [6, 6.07) is 5.96. The first-order valence-electron chi connectivity index (χ1n) is 3.63. The molecule has 0 unspecified atom stereocenters. The Labute approximate surface area is 75.6 Å². The Morgan fingerprint density at radius 3 is 2.69 bits per heavy atom. The van der Waals surface area contributed by atoms with Crippen molar-refractivity contribution in [3.63, 3.8) is 0 Å². The van der Waals surface area contributed by atoms with Crippen LogP contribution in [-0.4, -0.2) is 17.3 Å². The highest BCUT2D eigenvalue weighted by molar-refractivity contribution is 5.43. The van der Waals surface area contributed by atoms with Crippen LogP contribution < -0.4 is 4.74 Å². The SMILES string of the molecule is COc1ccc([C@@H](O)C#N)cc1O. The van der Waals surface area contributed by atoms with Gasteiger partial charge in [0, 0.05) is 0 Å². The number of methoxy groups -OCH3 is 1. The molecule has 1 aromatic rings. The van der Waals surface area contributed by atoms with Crippen LogP contribution in [0.25, 0.3) is 0 Å². The second kappa shape index (κ2) is 3.78. The van der Waals surface area contributed by atoms with Crippen molar-refractivity contribution in [3.05, 3.63) is 23.8 Å². The number of aliphatic hydroxyl groups excluding tert-OH is 1. The number of nitrogens with zero attached hydrogens (tertiary/aromatic N) is 1. The first-order chi connectivity index (χ1) is 6.19. The predicted molar refractivity (Wildman–Crippen MR) is 45.2 cm³/mol. The molecule has 0 aromatic heterocycles. The van der Waals surface area contributed by atoms with E-state index in [2.05, 4.69) is 0 Å². The number of hydrogen-bond acceptors (Lipinski definition) is 4. The lowest BCUT2D eigenvalue weighted by Crippen LogP contribution is -1.93. The van der Waals surface area contributed by atoms with Gasteiger partial charge >= 0.3 is 0 Å². The molecule has 68 valence electrons. The molecule has 0 saturated heterocycles. The van der Waals surface area contributed by atoms with Crippen LogP contribution >= 0.6 is 0 Å². The van der Waals surface area contributed by atoms with Crippen LogP contribution in [-0.2, 0) is 0 Å². The molecule has 0 amide bonds. The maximum atomic E-state index is 9.29. The highest BCUT2D eigenvalue weighted by Crippen LogP contribution is 2.28. The molecule has 0 aliphatic rings. The standard InChI is InChI=1S/C9H9NO3/c1-13-9-3-2-6(4-7(9)11)8(12)5-10/h2-4,8,11-12H,1H3/t8-/m0/s1. The van der Waals surface area contributed by atoms with Gasteiger partial charge in [0.2, 0.25) is 0 Å². The van der Waals surface area contributed by atoms with Crippen LogP contribution in [0, 0.1) is 11.3 Å². The van der Waals surface area contributed by atoms with Crippen molar-refractivity contribution >= 4 is 0 Å². The molecule has 0 fully saturated rings. The zero-order chi connectivity index (χ0) is 9.84. The molecule has 2 N–H and O–H groups in total. The minimum atomic E-state index is -1.21. The molecule has 0 radical (unpaired) electrons. The Morgan fingerprint density at radius 2 is 2.23 bits per heavy atom. The van der Waals surface area contributed by atoms with Gasteiger partial charge < -0.3 is 14.9 Å². The monoisotopic (exact) mass is 179 g/mol. The van der Waals surface area contributed by atoms with E-state index in [1.54, 1.807) is 6.07 Å². The fourth-order valence-corrected chi connectivity index (χ4v) is 0.952. The lowest BCUT2D eigenvalue weighted by molar-refractivity contribution is 0.235. The molecule has 13 heavy (non-hydrogen) atoms. The fraction of sp³-hybridized carbons (Fsp3) is 0.222. The minimum Gasteiger partial charge on any atom is -0.504 e. The van der Waals surface area contributed by atoms with E-state index in [4.69, 9.17) is 15.1 Å². The minimum absolute atomic E-state index is 0.0886. The normalized spacial score (nSPS) is 11.8. The van der Waals surface area contributed by atoms with Gasteiger partial charge in [-0.2, -0.15) is 5.26 Å². The zero-order valence-electron chi connectivity index (χ0n) is 7.06. The summed E-state index contributed by atoms with van der Waals surface area (Å²) in [5.74, 6) is 0.225. The Kier molecular flexibility index (Phi) is 2.72. The predicted octanol–water partition coefficient (Wildman–Crippen LogP) is 0.958. The van der Waals surface area contributed by atoms with Crippen molar-refractivity contribution in [2.45, 2.75) is 6.10 Å². The third kappa shape index (κ3) is 1.89. The summed E-state index contributed by atoms with van der Waals surface area (Å²) in [4.78, 5) is 0. The van der Waals surface area contributed by atoms with Crippen LogP contribution in [0.3, 0.4) is 0 Å². The topological polar surface area (TPSA) is 73.5 Å². The number of phenols is 1. The summed E-state index contributed by atoms with van der Waals surface area (Å²) < 4.78 is 4.80. The van der Waals surface area contributed by atoms with Crippen LogP contribution in [0.1, 0.15) is 11.7 Å². The molecule has 1 rings (SSSR count). The Balaban J connectivity index is 3.04. The van der Waals surface area contributed by atoms with Crippen LogP contribution in [0.4, 0.5) is 0 Å². The van der Waals surface area contributed by atoms with Crippen LogP contribution in [0.15, 0.2) is 18.2 Å². The van der Waals surface area contributed by atoms with E-state index in [0.29, 0.717) is 11.3 Å². The maximum absolute atomic E-state index is 9.29. The lowest BCUT2D eigenvalue weighted by Gasteiger charge is -2.06. The maximum Gasteiger partial charge on any atom is 0.166 e. The van der Waals surface area contributed by atoms with Gasteiger partial charge in [-0.15, -0.1) is 0 Å². The first kappa shape index (κ1) is 9.36. The summed E-state index contributed by atoms with van der Waals surface area (Å²) in [6.45, 7) is 0. The van der Waals surface area contributed by atoms with Crippen molar-refractivity contribution < 1.29 is 14.9 Å². The molecule has 1 atom stereocenters. The van der Waals surface area contributed by atoms with Gasteiger partial charge in [0.05, 0.1) is 13.2 Å².